The largest absolute Gasteiger partial charge is 0.328 e. The second kappa shape index (κ2) is 7.97. The van der Waals surface area contributed by atoms with Crippen LogP contribution in [0.4, 0.5) is 5.69 Å². The number of benzene rings is 1. The maximum Gasteiger partial charge on any atom is 0.275 e. The van der Waals surface area contributed by atoms with Crippen molar-refractivity contribution >= 4 is 39.7 Å². The van der Waals surface area contributed by atoms with Crippen LogP contribution in [-0.2, 0) is 10.0 Å². The summed E-state index contributed by atoms with van der Waals surface area (Å²) in [6.07, 6.45) is 1.36. The first-order chi connectivity index (χ1) is 10.6. The third-order valence-corrected chi connectivity index (χ3v) is 6.64. The fourth-order valence-corrected chi connectivity index (χ4v) is 4.57. The Labute approximate surface area is 152 Å². The van der Waals surface area contributed by atoms with Crippen molar-refractivity contribution in [1.29, 1.82) is 0 Å². The summed E-state index contributed by atoms with van der Waals surface area (Å²) in [6.45, 7) is 4.12. The second-order valence-electron chi connectivity index (χ2n) is 5.91. The molecule has 0 bridgehead atoms. The minimum Gasteiger partial charge on any atom is -0.328 e. The molecule has 1 saturated heterocycles. The van der Waals surface area contributed by atoms with Crippen LogP contribution in [0.5, 0.6) is 0 Å². The van der Waals surface area contributed by atoms with Gasteiger partial charge in [0.05, 0.1) is 14.8 Å². The van der Waals surface area contributed by atoms with E-state index in [1.165, 1.54) is 17.3 Å². The predicted octanol–water partition coefficient (Wildman–Crippen LogP) is 2.73. The van der Waals surface area contributed by atoms with Gasteiger partial charge in [-0.2, -0.15) is 4.31 Å². The highest BCUT2D eigenvalue weighted by Gasteiger charge is 2.32. The number of nitro groups is 1. The molecule has 1 fully saturated rings. The van der Waals surface area contributed by atoms with Gasteiger partial charge in [0.1, 0.15) is 0 Å². The number of rotatable bonds is 4. The van der Waals surface area contributed by atoms with Crippen LogP contribution in [-0.4, -0.2) is 36.8 Å². The van der Waals surface area contributed by atoms with Gasteiger partial charge in [-0.1, -0.05) is 11.6 Å². The number of sulfonamides is 1. The van der Waals surface area contributed by atoms with Gasteiger partial charge in [-0.3, -0.25) is 10.1 Å². The number of nitrogens with two attached hydrogens (primary N) is 1. The van der Waals surface area contributed by atoms with Crippen LogP contribution in [0.3, 0.4) is 0 Å². The zero-order valence-corrected chi connectivity index (χ0v) is 15.8. The van der Waals surface area contributed by atoms with Crippen LogP contribution in [0.1, 0.15) is 25.3 Å². The van der Waals surface area contributed by atoms with Crippen molar-refractivity contribution in [2.45, 2.75) is 37.6 Å². The predicted molar refractivity (Wildman–Crippen MR) is 95.2 cm³/mol. The van der Waals surface area contributed by atoms with Crippen molar-refractivity contribution in [3.8, 4) is 0 Å². The van der Waals surface area contributed by atoms with E-state index in [4.69, 9.17) is 17.3 Å². The number of nitrogens with zero attached hydrogens (tertiary/aromatic N) is 2. The monoisotopic (exact) mass is 397 g/mol. The van der Waals surface area contributed by atoms with Gasteiger partial charge in [-0.25, -0.2) is 8.42 Å². The van der Waals surface area contributed by atoms with Gasteiger partial charge >= 0.3 is 0 Å². The summed E-state index contributed by atoms with van der Waals surface area (Å²) in [6, 6.07) is 2.38. The SMILES string of the molecule is Cc1c(Cl)cc(S(=O)(=O)N2CCC(C(C)N)CC2)cc1[N+](=O)[O-].Cl. The van der Waals surface area contributed by atoms with Gasteiger partial charge < -0.3 is 5.73 Å². The molecule has 7 nitrogen and oxygen atoms in total. The molecule has 10 heteroatoms. The summed E-state index contributed by atoms with van der Waals surface area (Å²) >= 11 is 5.97. The number of hydrogen-bond acceptors (Lipinski definition) is 5. The molecular formula is C14H21Cl2N3O4S. The molecule has 1 aromatic rings. The lowest BCUT2D eigenvalue weighted by Gasteiger charge is -2.32. The molecule has 1 aliphatic rings. The molecular weight excluding hydrogens is 377 g/mol. The summed E-state index contributed by atoms with van der Waals surface area (Å²) < 4.78 is 26.8. The fourth-order valence-electron chi connectivity index (χ4n) is 2.77. The van der Waals surface area contributed by atoms with Crippen LogP contribution >= 0.6 is 24.0 Å². The standard InChI is InChI=1S/C14H20ClN3O4S.ClH/c1-9-13(15)7-12(8-14(9)18(19)20)23(21,22)17-5-3-11(4-6-17)10(2)16;/h7-8,10-11H,3-6,16H2,1-2H3;1H. The lowest BCUT2D eigenvalue weighted by Crippen LogP contribution is -2.42. The Morgan fingerprint density at radius 1 is 1.38 bits per heavy atom. The van der Waals surface area contributed by atoms with Crippen LogP contribution in [0.2, 0.25) is 5.02 Å². The Morgan fingerprint density at radius 2 is 1.92 bits per heavy atom. The van der Waals surface area contributed by atoms with E-state index in [1.54, 1.807) is 0 Å². The Hall–Kier alpha value is -0.930. The molecule has 0 amide bonds. The highest BCUT2D eigenvalue weighted by molar-refractivity contribution is 7.89. The maximum atomic E-state index is 12.7. The quantitative estimate of drug-likeness (QED) is 0.620. The van der Waals surface area contributed by atoms with Gasteiger partial charge in [-0.05, 0) is 38.7 Å². The number of halogens is 2. The molecule has 24 heavy (non-hydrogen) atoms. The Morgan fingerprint density at radius 3 is 2.38 bits per heavy atom. The molecule has 1 atom stereocenters. The average molecular weight is 398 g/mol. The molecule has 0 saturated carbocycles. The molecule has 1 heterocycles. The topological polar surface area (TPSA) is 107 Å². The minimum absolute atomic E-state index is 0. The molecule has 2 rings (SSSR count). The smallest absolute Gasteiger partial charge is 0.275 e. The molecule has 136 valence electrons. The summed E-state index contributed by atoms with van der Waals surface area (Å²) in [5, 5.41) is 11.1. The molecule has 0 spiro atoms. The van der Waals surface area contributed by atoms with Crippen molar-refractivity contribution in [2.75, 3.05) is 13.1 Å². The summed E-state index contributed by atoms with van der Waals surface area (Å²) in [7, 11) is -3.80. The van der Waals surface area contributed by atoms with Crippen molar-refractivity contribution in [3.63, 3.8) is 0 Å². The Kier molecular flexibility index (Phi) is 7.01. The van der Waals surface area contributed by atoms with E-state index in [0.717, 1.165) is 6.07 Å². The van der Waals surface area contributed by atoms with Crippen molar-refractivity contribution in [2.24, 2.45) is 11.7 Å². The molecule has 0 aromatic heterocycles. The second-order valence-corrected chi connectivity index (χ2v) is 8.25. The molecule has 1 unspecified atom stereocenters. The highest BCUT2D eigenvalue weighted by Crippen LogP contribution is 2.32. The number of hydrogen-bond donors (Lipinski definition) is 1. The molecule has 0 aliphatic carbocycles. The third-order valence-electron chi connectivity index (χ3n) is 4.37. The van der Waals surface area contributed by atoms with Crippen molar-refractivity contribution in [3.05, 3.63) is 32.8 Å². The van der Waals surface area contributed by atoms with E-state index < -0.39 is 14.9 Å². The van der Waals surface area contributed by atoms with E-state index in [0.29, 0.717) is 25.9 Å². The van der Waals surface area contributed by atoms with E-state index in [9.17, 15) is 18.5 Å². The lowest BCUT2D eigenvalue weighted by molar-refractivity contribution is -0.385. The highest BCUT2D eigenvalue weighted by atomic mass is 35.5. The van der Waals surface area contributed by atoms with Gasteiger partial charge in [-0.15, -0.1) is 12.4 Å². The van der Waals surface area contributed by atoms with Crippen molar-refractivity contribution in [1.82, 2.24) is 4.31 Å². The Balaban J connectivity index is 0.00000288. The number of piperidine rings is 1. The average Bonchev–Trinajstić information content (AvgIpc) is 2.49. The summed E-state index contributed by atoms with van der Waals surface area (Å²) in [5.41, 5.74) is 5.83. The summed E-state index contributed by atoms with van der Waals surface area (Å²) in [4.78, 5) is 10.3. The third kappa shape index (κ3) is 4.18. The van der Waals surface area contributed by atoms with Gasteiger partial charge in [0.2, 0.25) is 10.0 Å². The number of nitro benzene ring substituents is 1. The lowest BCUT2D eigenvalue weighted by atomic mass is 9.92. The first-order valence-electron chi connectivity index (χ1n) is 7.35. The van der Waals surface area contributed by atoms with E-state index in [2.05, 4.69) is 0 Å². The van der Waals surface area contributed by atoms with E-state index in [1.807, 2.05) is 6.92 Å². The van der Waals surface area contributed by atoms with Crippen LogP contribution < -0.4 is 5.73 Å². The van der Waals surface area contributed by atoms with Crippen LogP contribution in [0, 0.1) is 23.0 Å². The normalized spacial score (nSPS) is 18.0. The minimum atomic E-state index is -3.80. The fraction of sp³-hybridized carbons (Fsp3) is 0.571. The summed E-state index contributed by atoms with van der Waals surface area (Å²) in [5.74, 6) is 0.289. The van der Waals surface area contributed by atoms with Gasteiger partial charge in [0, 0.05) is 30.8 Å². The van der Waals surface area contributed by atoms with Gasteiger partial charge in [0.25, 0.3) is 5.69 Å². The molecule has 0 radical (unpaired) electrons. The van der Waals surface area contributed by atoms with Gasteiger partial charge in [0.15, 0.2) is 0 Å². The molecule has 2 N–H and O–H groups in total. The zero-order chi connectivity index (χ0) is 17.4. The Bertz CT molecular complexity index is 717. The van der Waals surface area contributed by atoms with E-state index in [-0.39, 0.29) is 45.5 Å². The zero-order valence-electron chi connectivity index (χ0n) is 13.4. The van der Waals surface area contributed by atoms with Crippen LogP contribution in [0.25, 0.3) is 0 Å². The molecule has 1 aromatic carbocycles. The van der Waals surface area contributed by atoms with E-state index >= 15 is 0 Å². The maximum absolute atomic E-state index is 12.7. The first kappa shape index (κ1) is 21.1. The molecule has 1 aliphatic heterocycles. The first-order valence-corrected chi connectivity index (χ1v) is 9.16. The van der Waals surface area contributed by atoms with Crippen LogP contribution in [0.15, 0.2) is 17.0 Å². The van der Waals surface area contributed by atoms with Crippen molar-refractivity contribution < 1.29 is 13.3 Å².